The number of rotatable bonds is 7. The van der Waals surface area contributed by atoms with Gasteiger partial charge in [-0.25, -0.2) is 13.2 Å². The van der Waals surface area contributed by atoms with Gasteiger partial charge in [-0.1, -0.05) is 78.9 Å². The molecule has 2 N–H and O–H groups in total. The average Bonchev–Trinajstić information content (AvgIpc) is 2.67. The van der Waals surface area contributed by atoms with Gasteiger partial charge < -0.3 is 5.11 Å². The van der Waals surface area contributed by atoms with Crippen molar-refractivity contribution in [2.45, 2.75) is 5.75 Å². The number of carboxylic acids is 1. The smallest absolute Gasteiger partial charge is 0.337 e. The summed E-state index contributed by atoms with van der Waals surface area (Å²) in [6.45, 7) is 0. The lowest BCUT2D eigenvalue weighted by Gasteiger charge is -2.11. The van der Waals surface area contributed by atoms with E-state index in [0.717, 1.165) is 5.56 Å². The molecule has 3 aromatic carbocycles. The van der Waals surface area contributed by atoms with Crippen LogP contribution in [-0.4, -0.2) is 19.5 Å². The minimum atomic E-state index is -3.76. The van der Waals surface area contributed by atoms with Crippen molar-refractivity contribution in [3.05, 3.63) is 101 Å². The summed E-state index contributed by atoms with van der Waals surface area (Å²) < 4.78 is 27.4. The van der Waals surface area contributed by atoms with Crippen molar-refractivity contribution in [2.75, 3.05) is 4.72 Å². The summed E-state index contributed by atoms with van der Waals surface area (Å²) in [6.07, 6.45) is 3.67. The topological polar surface area (TPSA) is 83.5 Å². The lowest BCUT2D eigenvalue weighted by atomic mass is 10.1. The van der Waals surface area contributed by atoms with Crippen LogP contribution < -0.4 is 4.72 Å². The molecule has 3 rings (SSSR count). The molecule has 0 spiro atoms. The summed E-state index contributed by atoms with van der Waals surface area (Å²) in [5.74, 6) is -1.44. The van der Waals surface area contributed by atoms with Crippen LogP contribution in [0, 0.1) is 0 Å². The maximum Gasteiger partial charge on any atom is 0.337 e. The normalized spacial score (nSPS) is 11.4. The van der Waals surface area contributed by atoms with Gasteiger partial charge in [0.2, 0.25) is 10.0 Å². The van der Waals surface area contributed by atoms with Gasteiger partial charge in [-0.05, 0) is 28.8 Å². The maximum absolute atomic E-state index is 12.5. The van der Waals surface area contributed by atoms with Crippen molar-refractivity contribution in [3.8, 4) is 0 Å². The Labute approximate surface area is 164 Å². The standard InChI is InChI=1S/C22H19NO4S/c24-22(25)20-14-13-18(12-11-17-7-3-1-4-8-17)15-21(20)23-28(26,27)16-19-9-5-2-6-10-19/h1-15,23H,16H2,(H,24,25). The molecule has 0 saturated carbocycles. The van der Waals surface area contributed by atoms with Crippen molar-refractivity contribution in [1.82, 2.24) is 0 Å². The monoisotopic (exact) mass is 393 g/mol. The highest BCUT2D eigenvalue weighted by molar-refractivity contribution is 7.91. The van der Waals surface area contributed by atoms with Gasteiger partial charge in [-0.2, -0.15) is 0 Å². The molecule has 0 bridgehead atoms. The van der Waals surface area contributed by atoms with Crippen LogP contribution in [0.4, 0.5) is 5.69 Å². The highest BCUT2D eigenvalue weighted by Gasteiger charge is 2.17. The number of hydrogen-bond donors (Lipinski definition) is 2. The molecular formula is C22H19NO4S. The molecule has 0 heterocycles. The second-order valence-corrected chi connectivity index (χ2v) is 7.92. The van der Waals surface area contributed by atoms with Crippen LogP contribution in [0.15, 0.2) is 78.9 Å². The Balaban J connectivity index is 1.87. The Morgan fingerprint density at radius 1 is 0.857 bits per heavy atom. The minimum absolute atomic E-state index is 0.0404. The first-order chi connectivity index (χ1) is 13.4. The molecule has 5 nitrogen and oxygen atoms in total. The van der Waals surface area contributed by atoms with E-state index in [4.69, 9.17) is 0 Å². The molecule has 0 atom stereocenters. The van der Waals surface area contributed by atoms with E-state index in [1.54, 1.807) is 42.5 Å². The van der Waals surface area contributed by atoms with E-state index < -0.39 is 16.0 Å². The lowest BCUT2D eigenvalue weighted by Crippen LogP contribution is -2.17. The summed E-state index contributed by atoms with van der Waals surface area (Å²) in [6, 6.07) is 22.9. The minimum Gasteiger partial charge on any atom is -0.478 e. The molecule has 142 valence electrons. The molecule has 0 aliphatic rings. The van der Waals surface area contributed by atoms with E-state index in [2.05, 4.69) is 4.72 Å². The third-order valence-corrected chi connectivity index (χ3v) is 5.25. The second kappa shape index (κ2) is 8.54. The van der Waals surface area contributed by atoms with Crippen molar-refractivity contribution in [2.24, 2.45) is 0 Å². The van der Waals surface area contributed by atoms with Crippen LogP contribution in [0.25, 0.3) is 12.2 Å². The van der Waals surface area contributed by atoms with Gasteiger partial charge in [-0.3, -0.25) is 4.72 Å². The number of hydrogen-bond acceptors (Lipinski definition) is 3. The molecule has 0 fully saturated rings. The number of anilines is 1. The number of nitrogens with one attached hydrogen (secondary N) is 1. The molecule has 0 amide bonds. The van der Waals surface area contributed by atoms with E-state index in [-0.39, 0.29) is 17.0 Å². The van der Waals surface area contributed by atoms with Crippen LogP contribution in [0.5, 0.6) is 0 Å². The quantitative estimate of drug-likeness (QED) is 0.579. The van der Waals surface area contributed by atoms with Gasteiger partial charge in [0.25, 0.3) is 0 Å². The predicted octanol–water partition coefficient (Wildman–Crippen LogP) is 4.50. The molecule has 6 heteroatoms. The summed E-state index contributed by atoms with van der Waals surface area (Å²) in [5.41, 5.74) is 2.22. The van der Waals surface area contributed by atoms with Crippen molar-refractivity contribution >= 4 is 33.8 Å². The number of benzene rings is 3. The molecule has 0 unspecified atom stereocenters. The van der Waals surface area contributed by atoms with Crippen LogP contribution in [0.2, 0.25) is 0 Å². The van der Waals surface area contributed by atoms with Gasteiger partial charge >= 0.3 is 5.97 Å². The molecule has 3 aromatic rings. The Hall–Kier alpha value is -3.38. The van der Waals surface area contributed by atoms with Crippen LogP contribution >= 0.6 is 0 Å². The van der Waals surface area contributed by atoms with Gasteiger partial charge in [0.05, 0.1) is 17.0 Å². The van der Waals surface area contributed by atoms with Crippen molar-refractivity contribution in [3.63, 3.8) is 0 Å². The van der Waals surface area contributed by atoms with Crippen molar-refractivity contribution in [1.29, 1.82) is 0 Å². The molecule has 0 aromatic heterocycles. The molecular weight excluding hydrogens is 374 g/mol. The third-order valence-electron chi connectivity index (χ3n) is 4.01. The zero-order valence-corrected chi connectivity index (χ0v) is 15.8. The van der Waals surface area contributed by atoms with Crippen LogP contribution in [0.3, 0.4) is 0 Å². The predicted molar refractivity (Wildman–Crippen MR) is 111 cm³/mol. The van der Waals surface area contributed by atoms with Gasteiger partial charge in [0, 0.05) is 0 Å². The molecule has 28 heavy (non-hydrogen) atoms. The summed E-state index contributed by atoms with van der Waals surface area (Å²) in [5, 5.41) is 9.40. The van der Waals surface area contributed by atoms with E-state index in [1.165, 1.54) is 12.1 Å². The summed E-state index contributed by atoms with van der Waals surface area (Å²) in [7, 11) is -3.76. The maximum atomic E-state index is 12.5. The van der Waals surface area contributed by atoms with Gasteiger partial charge in [-0.15, -0.1) is 0 Å². The zero-order chi connectivity index (χ0) is 20.0. The SMILES string of the molecule is O=C(O)c1ccc(C=Cc2ccccc2)cc1NS(=O)(=O)Cc1ccccc1. The molecule has 0 radical (unpaired) electrons. The fourth-order valence-electron chi connectivity index (χ4n) is 2.69. The number of sulfonamides is 1. The molecule has 0 aliphatic carbocycles. The van der Waals surface area contributed by atoms with E-state index in [0.29, 0.717) is 11.1 Å². The number of carbonyl (C=O) groups is 1. The molecule has 0 saturated heterocycles. The van der Waals surface area contributed by atoms with Gasteiger partial charge in [0.15, 0.2) is 0 Å². The van der Waals surface area contributed by atoms with Crippen molar-refractivity contribution < 1.29 is 18.3 Å². The molecule has 0 aliphatic heterocycles. The Morgan fingerprint density at radius 3 is 2.11 bits per heavy atom. The first-order valence-corrected chi connectivity index (χ1v) is 10.2. The Kier molecular flexibility index (Phi) is 5.91. The fourth-order valence-corrected chi connectivity index (χ4v) is 3.90. The van der Waals surface area contributed by atoms with Crippen LogP contribution in [0.1, 0.15) is 27.0 Å². The first kappa shape index (κ1) is 19.4. The number of carboxylic acid groups (broad SMARTS) is 1. The van der Waals surface area contributed by atoms with Gasteiger partial charge in [0.1, 0.15) is 0 Å². The van der Waals surface area contributed by atoms with E-state index in [1.807, 2.05) is 36.4 Å². The third kappa shape index (κ3) is 5.31. The average molecular weight is 393 g/mol. The summed E-state index contributed by atoms with van der Waals surface area (Å²) in [4.78, 5) is 11.5. The first-order valence-electron chi connectivity index (χ1n) is 8.58. The van der Waals surface area contributed by atoms with Crippen LogP contribution in [-0.2, 0) is 15.8 Å². The largest absolute Gasteiger partial charge is 0.478 e. The summed E-state index contributed by atoms with van der Waals surface area (Å²) >= 11 is 0. The highest BCUT2D eigenvalue weighted by atomic mass is 32.2. The van der Waals surface area contributed by atoms with E-state index >= 15 is 0 Å². The Morgan fingerprint density at radius 2 is 1.46 bits per heavy atom. The lowest BCUT2D eigenvalue weighted by molar-refractivity contribution is 0.0698. The zero-order valence-electron chi connectivity index (χ0n) is 14.9. The fraction of sp³-hybridized carbons (Fsp3) is 0.0455. The number of aromatic carboxylic acids is 1. The highest BCUT2D eigenvalue weighted by Crippen LogP contribution is 2.22. The van der Waals surface area contributed by atoms with E-state index in [9.17, 15) is 18.3 Å². The second-order valence-electron chi connectivity index (χ2n) is 6.20. The Bertz CT molecular complexity index is 1090.